The third-order valence-electron chi connectivity index (χ3n) is 5.29. The normalized spacial score (nSPS) is 12.0. The summed E-state index contributed by atoms with van der Waals surface area (Å²) < 4.78 is 1.17. The monoisotopic (exact) mass is 395 g/mol. The van der Waals surface area contributed by atoms with E-state index in [0.717, 1.165) is 22.5 Å². The fourth-order valence-electron chi connectivity index (χ4n) is 3.84. The molecule has 0 saturated heterocycles. The second kappa shape index (κ2) is 6.75. The minimum Gasteiger partial charge on any atom is -0.263 e. The van der Waals surface area contributed by atoms with Crippen LogP contribution in [-0.4, -0.2) is 15.0 Å². The van der Waals surface area contributed by atoms with Crippen molar-refractivity contribution in [3.05, 3.63) is 78.2 Å². The third kappa shape index (κ3) is 3.19. The van der Waals surface area contributed by atoms with Crippen molar-refractivity contribution in [2.45, 2.75) is 26.2 Å². The van der Waals surface area contributed by atoms with E-state index in [0.29, 0.717) is 0 Å². The highest BCUT2D eigenvalue weighted by Crippen LogP contribution is 2.35. The van der Waals surface area contributed by atoms with Crippen LogP contribution in [0.5, 0.6) is 0 Å². The maximum atomic E-state index is 4.60. The van der Waals surface area contributed by atoms with Crippen LogP contribution in [-0.2, 0) is 5.41 Å². The standard InChI is InChI=1S/C25H21N3S/c1-25(2,3)21-11-17(10-16-6-4-5-7-18(16)21)22-12-23(28-15-27-22)20-13-26-14-24-19(20)8-9-29-24/h4-15H,1-3H3. The summed E-state index contributed by atoms with van der Waals surface area (Å²) in [7, 11) is 0. The van der Waals surface area contributed by atoms with E-state index in [9.17, 15) is 0 Å². The summed E-state index contributed by atoms with van der Waals surface area (Å²) in [6, 6.07) is 17.3. The number of hydrogen-bond donors (Lipinski definition) is 0. The van der Waals surface area contributed by atoms with Crippen molar-refractivity contribution in [3.8, 4) is 22.5 Å². The van der Waals surface area contributed by atoms with Crippen molar-refractivity contribution in [2.75, 3.05) is 0 Å². The van der Waals surface area contributed by atoms with Gasteiger partial charge >= 0.3 is 0 Å². The quantitative estimate of drug-likeness (QED) is 0.327. The molecule has 142 valence electrons. The van der Waals surface area contributed by atoms with Gasteiger partial charge in [-0.1, -0.05) is 45.0 Å². The molecule has 0 atom stereocenters. The predicted octanol–water partition coefficient (Wildman–Crippen LogP) is 6.87. The van der Waals surface area contributed by atoms with Crippen LogP contribution in [0.1, 0.15) is 26.3 Å². The Hall–Kier alpha value is -3.11. The van der Waals surface area contributed by atoms with Crippen LogP contribution in [0.3, 0.4) is 0 Å². The zero-order chi connectivity index (χ0) is 20.0. The van der Waals surface area contributed by atoms with Gasteiger partial charge in [0.25, 0.3) is 0 Å². The van der Waals surface area contributed by atoms with Crippen molar-refractivity contribution in [1.29, 1.82) is 0 Å². The van der Waals surface area contributed by atoms with E-state index < -0.39 is 0 Å². The van der Waals surface area contributed by atoms with Gasteiger partial charge in [0.15, 0.2) is 0 Å². The van der Waals surface area contributed by atoms with Gasteiger partial charge in [-0.2, -0.15) is 0 Å². The van der Waals surface area contributed by atoms with Gasteiger partial charge in [-0.05, 0) is 51.4 Å². The van der Waals surface area contributed by atoms with Crippen LogP contribution in [0.15, 0.2) is 72.6 Å². The molecule has 0 amide bonds. The Labute approximate surface area is 174 Å². The average molecular weight is 396 g/mol. The first-order valence-corrected chi connectivity index (χ1v) is 10.6. The van der Waals surface area contributed by atoms with Gasteiger partial charge in [-0.25, -0.2) is 9.97 Å². The van der Waals surface area contributed by atoms with E-state index in [1.54, 1.807) is 17.7 Å². The first kappa shape index (κ1) is 18.0. The lowest BCUT2D eigenvalue weighted by molar-refractivity contribution is 0.596. The predicted molar refractivity (Wildman–Crippen MR) is 122 cm³/mol. The number of thiophene rings is 1. The van der Waals surface area contributed by atoms with Crippen molar-refractivity contribution in [1.82, 2.24) is 15.0 Å². The molecule has 0 radical (unpaired) electrons. The molecular weight excluding hydrogens is 374 g/mol. The zero-order valence-electron chi connectivity index (χ0n) is 16.7. The lowest BCUT2D eigenvalue weighted by Crippen LogP contribution is -2.12. The summed E-state index contributed by atoms with van der Waals surface area (Å²) in [5.41, 5.74) is 5.35. The number of nitrogens with zero attached hydrogens (tertiary/aromatic N) is 3. The van der Waals surface area contributed by atoms with Crippen molar-refractivity contribution in [2.24, 2.45) is 0 Å². The third-order valence-corrected chi connectivity index (χ3v) is 6.14. The van der Waals surface area contributed by atoms with Gasteiger partial charge in [-0.3, -0.25) is 4.98 Å². The number of fused-ring (bicyclic) bond motifs is 2. The lowest BCUT2D eigenvalue weighted by Gasteiger charge is -2.22. The highest BCUT2D eigenvalue weighted by atomic mass is 32.1. The highest BCUT2D eigenvalue weighted by molar-refractivity contribution is 7.17. The topological polar surface area (TPSA) is 38.7 Å². The van der Waals surface area contributed by atoms with Crippen LogP contribution >= 0.6 is 11.3 Å². The molecule has 4 heteroatoms. The second-order valence-electron chi connectivity index (χ2n) is 8.30. The maximum absolute atomic E-state index is 4.60. The number of pyridine rings is 1. The molecular formula is C25H21N3S. The van der Waals surface area contributed by atoms with Gasteiger partial charge < -0.3 is 0 Å². The van der Waals surface area contributed by atoms with Gasteiger partial charge in [0.2, 0.25) is 0 Å². The van der Waals surface area contributed by atoms with E-state index in [-0.39, 0.29) is 5.41 Å². The molecule has 0 fully saturated rings. The summed E-state index contributed by atoms with van der Waals surface area (Å²) in [6.07, 6.45) is 5.45. The largest absolute Gasteiger partial charge is 0.263 e. The Bertz CT molecular complexity index is 1350. The molecule has 3 heterocycles. The average Bonchev–Trinajstić information content (AvgIpc) is 3.21. The number of aromatic nitrogens is 3. The smallest absolute Gasteiger partial charge is 0.116 e. The van der Waals surface area contributed by atoms with Gasteiger partial charge in [0, 0.05) is 28.9 Å². The first-order valence-electron chi connectivity index (χ1n) is 9.68. The highest BCUT2D eigenvalue weighted by Gasteiger charge is 2.19. The molecule has 0 N–H and O–H groups in total. The zero-order valence-corrected chi connectivity index (χ0v) is 17.5. The number of rotatable bonds is 2. The number of hydrogen-bond acceptors (Lipinski definition) is 4. The Kier molecular flexibility index (Phi) is 4.18. The SMILES string of the molecule is CC(C)(C)c1cc(-c2cc(-c3cncc4sccc34)ncn2)cc2ccccc12. The lowest BCUT2D eigenvalue weighted by atomic mass is 9.82. The van der Waals surface area contributed by atoms with Gasteiger partial charge in [-0.15, -0.1) is 11.3 Å². The van der Waals surface area contributed by atoms with E-state index in [1.807, 2.05) is 12.4 Å². The van der Waals surface area contributed by atoms with E-state index in [4.69, 9.17) is 0 Å². The Balaban J connectivity index is 1.70. The molecule has 5 rings (SSSR count). The molecule has 0 aliphatic heterocycles. The summed E-state index contributed by atoms with van der Waals surface area (Å²) in [6.45, 7) is 6.77. The Morgan fingerprint density at radius 2 is 1.66 bits per heavy atom. The summed E-state index contributed by atoms with van der Waals surface area (Å²) >= 11 is 1.70. The molecule has 3 nitrogen and oxygen atoms in total. The Morgan fingerprint density at radius 1 is 0.828 bits per heavy atom. The van der Waals surface area contributed by atoms with Crippen LogP contribution in [0.2, 0.25) is 0 Å². The first-order chi connectivity index (χ1) is 14.0. The Morgan fingerprint density at radius 3 is 2.52 bits per heavy atom. The molecule has 0 spiro atoms. The molecule has 29 heavy (non-hydrogen) atoms. The summed E-state index contributed by atoms with van der Waals surface area (Å²) in [5, 5.41) is 5.81. The second-order valence-corrected chi connectivity index (χ2v) is 9.25. The molecule has 0 unspecified atom stereocenters. The fraction of sp³-hybridized carbons (Fsp3) is 0.160. The van der Waals surface area contributed by atoms with Crippen molar-refractivity contribution in [3.63, 3.8) is 0 Å². The minimum atomic E-state index is 0.0393. The van der Waals surface area contributed by atoms with Crippen LogP contribution in [0.25, 0.3) is 43.4 Å². The van der Waals surface area contributed by atoms with E-state index in [2.05, 4.69) is 89.6 Å². The van der Waals surface area contributed by atoms with Crippen LogP contribution in [0, 0.1) is 0 Å². The van der Waals surface area contributed by atoms with Gasteiger partial charge in [0.1, 0.15) is 6.33 Å². The van der Waals surface area contributed by atoms with Crippen LogP contribution < -0.4 is 0 Å². The molecule has 0 aliphatic carbocycles. The van der Waals surface area contributed by atoms with E-state index >= 15 is 0 Å². The van der Waals surface area contributed by atoms with Crippen molar-refractivity contribution < 1.29 is 0 Å². The molecule has 0 aliphatic rings. The molecule has 2 aromatic carbocycles. The van der Waals surface area contributed by atoms with Crippen LogP contribution in [0.4, 0.5) is 0 Å². The maximum Gasteiger partial charge on any atom is 0.116 e. The van der Waals surface area contributed by atoms with E-state index in [1.165, 1.54) is 26.4 Å². The molecule has 3 aromatic heterocycles. The minimum absolute atomic E-state index is 0.0393. The van der Waals surface area contributed by atoms with Crippen molar-refractivity contribution >= 4 is 32.2 Å². The fourth-order valence-corrected chi connectivity index (χ4v) is 4.62. The molecule has 5 aromatic rings. The summed E-state index contributed by atoms with van der Waals surface area (Å²) in [5.74, 6) is 0. The molecule has 0 bridgehead atoms. The number of benzene rings is 2. The molecule has 0 saturated carbocycles. The van der Waals surface area contributed by atoms with Gasteiger partial charge in [0.05, 0.1) is 16.1 Å². The summed E-state index contributed by atoms with van der Waals surface area (Å²) in [4.78, 5) is 13.6.